The van der Waals surface area contributed by atoms with Gasteiger partial charge in [0.25, 0.3) is 11.8 Å². The van der Waals surface area contributed by atoms with E-state index < -0.39 is 29.9 Å². The molecule has 320 valence electrons. The van der Waals surface area contributed by atoms with Gasteiger partial charge in [-0.3, -0.25) is 9.59 Å². The molecule has 0 bridgehead atoms. The molecule has 2 aliphatic heterocycles. The van der Waals surface area contributed by atoms with Crippen molar-refractivity contribution >= 4 is 57.1 Å². The molecular weight excluding hydrogens is 848 g/mol. The van der Waals surface area contributed by atoms with Gasteiger partial charge in [-0.05, 0) is 104 Å². The van der Waals surface area contributed by atoms with Gasteiger partial charge in [-0.25, -0.2) is 37.5 Å². The van der Waals surface area contributed by atoms with Crippen LogP contribution in [-0.4, -0.2) is 46.7 Å². The highest BCUT2D eigenvalue weighted by Gasteiger charge is 2.29. The first-order valence-electron chi connectivity index (χ1n) is 19.9. The lowest BCUT2D eigenvalue weighted by Crippen LogP contribution is -2.27. The lowest BCUT2D eigenvalue weighted by atomic mass is 9.97. The Hall–Kier alpha value is -7.49. The molecule has 64 heavy (non-hydrogen) atoms. The van der Waals surface area contributed by atoms with Gasteiger partial charge in [-0.15, -0.1) is 11.6 Å². The molecule has 2 amide bonds. The maximum atomic E-state index is 14.0. The molecule has 2 aromatic heterocycles. The molecule has 0 radical (unpaired) electrons. The van der Waals surface area contributed by atoms with Crippen molar-refractivity contribution in [1.29, 1.82) is 0 Å². The van der Waals surface area contributed by atoms with E-state index in [1.54, 1.807) is 46.2 Å². The van der Waals surface area contributed by atoms with E-state index in [1.807, 2.05) is 48.5 Å². The Labute approximate surface area is 367 Å². The third-order valence-corrected chi connectivity index (χ3v) is 11.6. The molecule has 16 heteroatoms. The average Bonchev–Trinajstić information content (AvgIpc) is 3.95. The fourth-order valence-corrected chi connectivity index (χ4v) is 8.38. The van der Waals surface area contributed by atoms with Crippen molar-refractivity contribution in [3.63, 3.8) is 0 Å². The number of rotatable bonds is 6. The zero-order valence-corrected chi connectivity index (χ0v) is 34.4. The number of alkyl halides is 1. The van der Waals surface area contributed by atoms with Gasteiger partial charge in [0.05, 0.1) is 17.6 Å². The van der Waals surface area contributed by atoms with E-state index in [0.29, 0.717) is 75.8 Å². The number of fused-ring (bicyclic) bond motifs is 4. The van der Waals surface area contributed by atoms with Crippen LogP contribution in [0.2, 0.25) is 0 Å². The van der Waals surface area contributed by atoms with Gasteiger partial charge in [-0.1, -0.05) is 60.7 Å². The zero-order chi connectivity index (χ0) is 44.8. The topological polar surface area (TPSA) is 164 Å². The number of hydrogen-bond donors (Lipinski definition) is 3. The van der Waals surface area contributed by atoms with Crippen LogP contribution >= 0.6 is 11.6 Å². The molecule has 6 aromatic carbocycles. The van der Waals surface area contributed by atoms with Crippen molar-refractivity contribution in [2.75, 3.05) is 11.5 Å². The highest BCUT2D eigenvalue weighted by molar-refractivity contribution is 6.17. The molecule has 5 N–H and O–H groups in total. The van der Waals surface area contributed by atoms with Gasteiger partial charge in [0.1, 0.15) is 11.4 Å². The minimum atomic E-state index is -1.04. The maximum Gasteiger partial charge on any atom is 0.273 e. The summed E-state index contributed by atoms with van der Waals surface area (Å²) < 4.78 is 55.2. The summed E-state index contributed by atoms with van der Waals surface area (Å²) in [5, 5.41) is 10.5. The predicted molar refractivity (Wildman–Crippen MR) is 234 cm³/mol. The second-order valence-electron chi connectivity index (χ2n) is 15.3. The maximum absolute atomic E-state index is 14.0. The van der Waals surface area contributed by atoms with Gasteiger partial charge in [-0.2, -0.15) is 0 Å². The number of nitrogens with zero attached hydrogens (tertiary/aromatic N) is 6. The molecule has 0 unspecified atom stereocenters. The fourth-order valence-electron chi connectivity index (χ4n) is 8.16. The number of aromatic nitrogens is 4. The van der Waals surface area contributed by atoms with Gasteiger partial charge in [0, 0.05) is 42.8 Å². The number of benzene rings is 6. The Kier molecular flexibility index (Phi) is 11.1. The first-order valence-corrected chi connectivity index (χ1v) is 20.4. The summed E-state index contributed by atoms with van der Waals surface area (Å²) in [6.45, 7) is 1.38. The van der Waals surface area contributed by atoms with E-state index in [-0.39, 0.29) is 46.5 Å². The lowest BCUT2D eigenvalue weighted by Gasteiger charge is -2.17. The van der Waals surface area contributed by atoms with Gasteiger partial charge >= 0.3 is 0 Å². The number of aliphatic hydroxyl groups is 1. The lowest BCUT2D eigenvalue weighted by molar-refractivity contribution is 0.0741. The van der Waals surface area contributed by atoms with E-state index in [2.05, 4.69) is 19.9 Å². The summed E-state index contributed by atoms with van der Waals surface area (Å²) in [7, 11) is 0. The molecular formula is C48H35ClF4N8O3. The van der Waals surface area contributed by atoms with E-state index in [4.69, 9.17) is 23.1 Å². The predicted octanol–water partition coefficient (Wildman–Crippen LogP) is 8.86. The third-order valence-electron chi connectivity index (χ3n) is 11.3. The number of hydrogen-bond acceptors (Lipinski definition) is 9. The van der Waals surface area contributed by atoms with Crippen LogP contribution < -0.4 is 11.5 Å². The van der Waals surface area contributed by atoms with Crippen LogP contribution in [0.5, 0.6) is 0 Å². The monoisotopic (exact) mass is 882 g/mol. The molecule has 0 saturated heterocycles. The Balaban J connectivity index is 0.000000162. The first kappa shape index (κ1) is 41.8. The zero-order valence-electron chi connectivity index (χ0n) is 33.6. The number of aliphatic hydroxyl groups excluding tert-OH is 1. The molecule has 0 atom stereocenters. The SMILES string of the molecule is Nc1nc(C(=O)N2Cc3ccccc3C2)c2cc(-c3cc(F)c(F)cc3CCl)ccc2n1.Nc1nc(C(=O)N2Cc3ccccc3C2)c2cc(-c3cc(F)c(F)cc3CO)ccc2n1. The van der Waals surface area contributed by atoms with Crippen molar-refractivity contribution in [2.45, 2.75) is 38.7 Å². The summed E-state index contributed by atoms with van der Waals surface area (Å²) in [5.41, 5.74) is 19.8. The Bertz CT molecular complexity index is 2950. The Morgan fingerprint density at radius 3 is 1.31 bits per heavy atom. The van der Waals surface area contributed by atoms with Gasteiger partial charge in [0.15, 0.2) is 23.3 Å². The number of carbonyl (C=O) groups is 2. The van der Waals surface area contributed by atoms with Crippen molar-refractivity contribution in [1.82, 2.24) is 29.7 Å². The van der Waals surface area contributed by atoms with Crippen molar-refractivity contribution < 1.29 is 32.3 Å². The van der Waals surface area contributed by atoms with Crippen LogP contribution in [0.15, 0.2) is 109 Å². The van der Waals surface area contributed by atoms with Crippen LogP contribution in [0.25, 0.3) is 44.1 Å². The molecule has 11 nitrogen and oxygen atoms in total. The highest BCUT2D eigenvalue weighted by Crippen LogP contribution is 2.34. The number of anilines is 2. The van der Waals surface area contributed by atoms with E-state index >= 15 is 0 Å². The summed E-state index contributed by atoms with van der Waals surface area (Å²) in [6, 6.07) is 29.8. The molecule has 10 rings (SSSR count). The molecule has 0 spiro atoms. The van der Waals surface area contributed by atoms with E-state index in [0.717, 1.165) is 46.5 Å². The second kappa shape index (κ2) is 17.0. The fraction of sp³-hybridized carbons (Fsp3) is 0.125. The standard InChI is InChI=1S/C24H17ClF2N4O.C24H18F2N4O2/c25-10-16-8-19(26)20(27)9-17(16)13-5-6-21-18(7-13)22(30-24(28)29-21)23(32)31-11-14-3-1-2-4-15(14)12-31;25-19-8-16(12-31)17(9-20(19)26)13-5-6-21-18(7-13)22(29-24(27)28-21)23(32)30-10-14-3-1-2-4-15(14)11-30/h1-9H,10-12H2,(H2,28,29,30);1-9,31H,10-12H2,(H2,27,28,29). The number of amides is 2. The van der Waals surface area contributed by atoms with Gasteiger partial charge in [0.2, 0.25) is 11.9 Å². The summed E-state index contributed by atoms with van der Waals surface area (Å²) in [6.07, 6.45) is 0. The molecule has 0 fully saturated rings. The highest BCUT2D eigenvalue weighted by atomic mass is 35.5. The third kappa shape index (κ3) is 7.91. The normalized spacial score (nSPS) is 12.9. The van der Waals surface area contributed by atoms with E-state index in [1.165, 1.54) is 0 Å². The smallest absolute Gasteiger partial charge is 0.273 e. The van der Waals surface area contributed by atoms with E-state index in [9.17, 15) is 32.3 Å². The molecule has 0 saturated carbocycles. The van der Waals surface area contributed by atoms with Crippen LogP contribution in [0, 0.1) is 23.3 Å². The minimum Gasteiger partial charge on any atom is -0.392 e. The number of nitrogen functional groups attached to an aromatic ring is 2. The first-order chi connectivity index (χ1) is 30.9. The van der Waals surface area contributed by atoms with Crippen molar-refractivity contribution in [2.24, 2.45) is 0 Å². The van der Waals surface area contributed by atoms with Crippen LogP contribution in [0.4, 0.5) is 29.5 Å². The molecule has 4 heterocycles. The van der Waals surface area contributed by atoms with Crippen LogP contribution in [0.1, 0.15) is 54.4 Å². The molecule has 0 aliphatic carbocycles. The van der Waals surface area contributed by atoms with Crippen molar-refractivity contribution in [3.8, 4) is 22.3 Å². The minimum absolute atomic E-state index is 0.000627. The van der Waals surface area contributed by atoms with Crippen LogP contribution in [0.3, 0.4) is 0 Å². The molecule has 8 aromatic rings. The largest absolute Gasteiger partial charge is 0.392 e. The quantitative estimate of drug-likeness (QED) is 0.109. The summed E-state index contributed by atoms with van der Waals surface area (Å²) >= 11 is 5.97. The summed E-state index contributed by atoms with van der Waals surface area (Å²) in [5.74, 6) is -4.64. The Morgan fingerprint density at radius 1 is 0.547 bits per heavy atom. The molecule has 2 aliphatic rings. The number of halogens is 5. The second-order valence-corrected chi connectivity index (χ2v) is 15.6. The summed E-state index contributed by atoms with van der Waals surface area (Å²) in [4.78, 5) is 47.0. The number of carbonyl (C=O) groups excluding carboxylic acids is 2. The van der Waals surface area contributed by atoms with Crippen molar-refractivity contribution in [3.05, 3.63) is 177 Å². The number of nitrogens with two attached hydrogens (primary N) is 2. The van der Waals surface area contributed by atoms with Gasteiger partial charge < -0.3 is 26.4 Å². The van der Waals surface area contributed by atoms with Crippen LogP contribution in [-0.2, 0) is 38.7 Å². The average molecular weight is 883 g/mol. The Morgan fingerprint density at radius 2 is 0.922 bits per heavy atom.